The van der Waals surface area contributed by atoms with E-state index < -0.39 is 11.7 Å². The maximum Gasteiger partial charge on any atom is 0.258 e. The number of nitrogens with one attached hydrogen (secondary N) is 2. The van der Waals surface area contributed by atoms with Crippen LogP contribution in [0.25, 0.3) is 0 Å². The normalized spacial score (nSPS) is 10.4. The number of halogens is 2. The van der Waals surface area contributed by atoms with E-state index in [1.54, 1.807) is 18.2 Å². The van der Waals surface area contributed by atoms with Crippen LogP contribution >= 0.6 is 11.6 Å². The van der Waals surface area contributed by atoms with Crippen LogP contribution in [0.2, 0.25) is 5.02 Å². The molecule has 0 radical (unpaired) electrons. The second-order valence-electron chi connectivity index (χ2n) is 5.34. The minimum absolute atomic E-state index is 0.262. The van der Waals surface area contributed by atoms with Crippen molar-refractivity contribution >= 4 is 34.8 Å². The van der Waals surface area contributed by atoms with Crippen molar-refractivity contribution < 1.29 is 9.18 Å². The molecule has 0 fully saturated rings. The summed E-state index contributed by atoms with van der Waals surface area (Å²) in [5.41, 5.74) is 2.39. The van der Waals surface area contributed by atoms with Gasteiger partial charge in [-0.1, -0.05) is 23.7 Å². The van der Waals surface area contributed by atoms with E-state index in [2.05, 4.69) is 20.6 Å². The summed E-state index contributed by atoms with van der Waals surface area (Å²) in [6, 6.07) is 11.1. The van der Waals surface area contributed by atoms with Gasteiger partial charge >= 0.3 is 0 Å². The molecule has 0 bridgehead atoms. The van der Waals surface area contributed by atoms with Crippen molar-refractivity contribution in [3.63, 3.8) is 0 Å². The Morgan fingerprint density at radius 2 is 1.88 bits per heavy atom. The molecular formula is C18H14ClFN4O. The zero-order chi connectivity index (χ0) is 17.8. The molecule has 5 nitrogen and oxygen atoms in total. The Hall–Kier alpha value is -2.99. The molecule has 0 saturated heterocycles. The molecule has 0 atom stereocenters. The molecule has 7 heteroatoms. The average Bonchev–Trinajstić information content (AvgIpc) is 2.59. The second kappa shape index (κ2) is 7.27. The maximum absolute atomic E-state index is 13.1. The van der Waals surface area contributed by atoms with Crippen LogP contribution in [0.1, 0.15) is 15.9 Å². The van der Waals surface area contributed by atoms with Crippen molar-refractivity contribution in [2.24, 2.45) is 0 Å². The first-order valence-corrected chi connectivity index (χ1v) is 7.81. The number of carbonyl (C=O) groups excluding carboxylic acids is 1. The summed E-state index contributed by atoms with van der Waals surface area (Å²) in [7, 11) is 0. The second-order valence-corrected chi connectivity index (χ2v) is 5.78. The van der Waals surface area contributed by atoms with Gasteiger partial charge in [-0.15, -0.1) is 0 Å². The lowest BCUT2D eigenvalue weighted by molar-refractivity contribution is 0.102. The number of benzene rings is 2. The number of anilines is 3. The molecule has 1 aromatic heterocycles. The summed E-state index contributed by atoms with van der Waals surface area (Å²) < 4.78 is 13.1. The van der Waals surface area contributed by atoms with Crippen LogP contribution in [0.3, 0.4) is 0 Å². The lowest BCUT2D eigenvalue weighted by Gasteiger charge is -2.09. The Bertz CT molecular complexity index is 915. The van der Waals surface area contributed by atoms with Crippen molar-refractivity contribution in [1.82, 2.24) is 9.97 Å². The Morgan fingerprint density at radius 3 is 2.60 bits per heavy atom. The van der Waals surface area contributed by atoms with Crippen molar-refractivity contribution in [3.8, 4) is 0 Å². The highest BCUT2D eigenvalue weighted by molar-refractivity contribution is 6.30. The largest absolute Gasteiger partial charge is 0.324 e. The minimum atomic E-state index is -0.425. The van der Waals surface area contributed by atoms with Gasteiger partial charge in [-0.05, 0) is 42.8 Å². The number of rotatable bonds is 4. The molecule has 3 aromatic rings. The monoisotopic (exact) mass is 356 g/mol. The maximum atomic E-state index is 13.1. The van der Waals surface area contributed by atoms with Gasteiger partial charge in [0.1, 0.15) is 5.82 Å². The van der Waals surface area contributed by atoms with E-state index in [0.29, 0.717) is 16.7 Å². The Balaban J connectivity index is 1.71. The molecule has 2 aromatic carbocycles. The van der Waals surface area contributed by atoms with Crippen molar-refractivity contribution in [3.05, 3.63) is 76.8 Å². The van der Waals surface area contributed by atoms with Crippen molar-refractivity contribution in [2.75, 3.05) is 10.6 Å². The summed E-state index contributed by atoms with van der Waals surface area (Å²) in [4.78, 5) is 20.4. The summed E-state index contributed by atoms with van der Waals surface area (Å²) in [5, 5.41) is 6.23. The first-order valence-electron chi connectivity index (χ1n) is 7.43. The quantitative estimate of drug-likeness (QED) is 0.718. The summed E-state index contributed by atoms with van der Waals surface area (Å²) in [6.07, 6.45) is 2.79. The minimum Gasteiger partial charge on any atom is -0.324 e. The SMILES string of the molecule is Cc1ccc(Cl)cc1Nc1ncc(C(=O)Nc2cccc(F)c2)cn1. The zero-order valence-electron chi connectivity index (χ0n) is 13.3. The van der Waals surface area contributed by atoms with Crippen molar-refractivity contribution in [1.29, 1.82) is 0 Å². The zero-order valence-corrected chi connectivity index (χ0v) is 14.0. The van der Waals surface area contributed by atoms with Crippen LogP contribution in [0, 0.1) is 12.7 Å². The molecule has 3 rings (SSSR count). The number of aryl methyl sites for hydroxylation is 1. The van der Waals surface area contributed by atoms with Crippen LogP contribution in [-0.4, -0.2) is 15.9 Å². The molecule has 0 aliphatic rings. The van der Waals surface area contributed by atoms with Crippen LogP contribution < -0.4 is 10.6 Å². The third-order valence-corrected chi connectivity index (χ3v) is 3.68. The summed E-state index contributed by atoms with van der Waals surface area (Å²) >= 11 is 5.98. The fourth-order valence-corrected chi connectivity index (χ4v) is 2.30. The molecule has 25 heavy (non-hydrogen) atoms. The van der Waals surface area contributed by atoms with Gasteiger partial charge in [0.2, 0.25) is 5.95 Å². The van der Waals surface area contributed by atoms with Gasteiger partial charge in [0.05, 0.1) is 5.56 Å². The standard InChI is InChI=1S/C18H14ClFN4O/c1-11-5-6-13(19)7-16(11)24-18-21-9-12(10-22-18)17(25)23-15-4-2-3-14(20)8-15/h2-10H,1H3,(H,23,25)(H,21,22,24). The first-order chi connectivity index (χ1) is 12.0. The van der Waals surface area contributed by atoms with Crippen LogP contribution in [0.5, 0.6) is 0 Å². The van der Waals surface area contributed by atoms with E-state index in [0.717, 1.165) is 11.3 Å². The van der Waals surface area contributed by atoms with Crippen molar-refractivity contribution in [2.45, 2.75) is 6.92 Å². The van der Waals surface area contributed by atoms with E-state index in [4.69, 9.17) is 11.6 Å². The number of amides is 1. The van der Waals surface area contributed by atoms with Gasteiger partial charge in [0.15, 0.2) is 0 Å². The van der Waals surface area contributed by atoms with Gasteiger partial charge < -0.3 is 10.6 Å². The van der Waals surface area contributed by atoms with E-state index in [1.807, 2.05) is 13.0 Å². The summed E-state index contributed by atoms with van der Waals surface area (Å²) in [5.74, 6) is -0.505. The van der Waals surface area contributed by atoms with E-state index in [-0.39, 0.29) is 5.56 Å². The van der Waals surface area contributed by atoms with Gasteiger partial charge in [-0.2, -0.15) is 0 Å². The molecule has 0 aliphatic heterocycles. The molecule has 1 amide bonds. The summed E-state index contributed by atoms with van der Waals surface area (Å²) in [6.45, 7) is 1.93. The first kappa shape index (κ1) is 16.9. The number of hydrogen-bond donors (Lipinski definition) is 2. The smallest absolute Gasteiger partial charge is 0.258 e. The fourth-order valence-electron chi connectivity index (χ4n) is 2.13. The van der Waals surface area contributed by atoms with E-state index >= 15 is 0 Å². The topological polar surface area (TPSA) is 66.9 Å². The lowest BCUT2D eigenvalue weighted by atomic mass is 10.2. The molecule has 0 aliphatic carbocycles. The third kappa shape index (κ3) is 4.30. The number of aromatic nitrogens is 2. The molecule has 2 N–H and O–H groups in total. The number of hydrogen-bond acceptors (Lipinski definition) is 4. The van der Waals surface area contributed by atoms with Gasteiger partial charge in [-0.3, -0.25) is 4.79 Å². The molecule has 1 heterocycles. The van der Waals surface area contributed by atoms with Gasteiger partial charge in [-0.25, -0.2) is 14.4 Å². The third-order valence-electron chi connectivity index (χ3n) is 3.44. The van der Waals surface area contributed by atoms with E-state index in [1.165, 1.54) is 30.6 Å². The predicted molar refractivity (Wildman–Crippen MR) is 95.9 cm³/mol. The molecule has 0 saturated carbocycles. The average molecular weight is 357 g/mol. The molecule has 0 unspecified atom stereocenters. The molecular weight excluding hydrogens is 343 g/mol. The predicted octanol–water partition coefficient (Wildman–Crippen LogP) is 4.57. The number of carbonyl (C=O) groups is 1. The Morgan fingerprint density at radius 1 is 1.12 bits per heavy atom. The number of nitrogens with zero attached hydrogens (tertiary/aromatic N) is 2. The highest BCUT2D eigenvalue weighted by Crippen LogP contribution is 2.22. The van der Waals surface area contributed by atoms with Gasteiger partial charge in [0.25, 0.3) is 5.91 Å². The molecule has 0 spiro atoms. The Kier molecular flexibility index (Phi) is 4.90. The highest BCUT2D eigenvalue weighted by atomic mass is 35.5. The lowest BCUT2D eigenvalue weighted by Crippen LogP contribution is -2.13. The fraction of sp³-hybridized carbons (Fsp3) is 0.0556. The van der Waals surface area contributed by atoms with Crippen LogP contribution in [0.15, 0.2) is 54.9 Å². The van der Waals surface area contributed by atoms with E-state index in [9.17, 15) is 9.18 Å². The highest BCUT2D eigenvalue weighted by Gasteiger charge is 2.09. The van der Waals surface area contributed by atoms with Gasteiger partial charge in [0, 0.05) is 28.8 Å². The molecule has 126 valence electrons. The van der Waals surface area contributed by atoms with Crippen LogP contribution in [-0.2, 0) is 0 Å². The van der Waals surface area contributed by atoms with Crippen LogP contribution in [0.4, 0.5) is 21.7 Å². The Labute approximate surface area is 148 Å².